The second-order valence-corrected chi connectivity index (χ2v) is 4.06. The summed E-state index contributed by atoms with van der Waals surface area (Å²) < 4.78 is 13.5. The molecule has 1 aromatic heterocycles. The molecular weight excluding hydrogens is 228 g/mol. The van der Waals surface area contributed by atoms with Crippen molar-refractivity contribution in [2.24, 2.45) is 0 Å². The van der Waals surface area contributed by atoms with Crippen molar-refractivity contribution in [1.29, 1.82) is 1.43 Å². The minimum absolute atomic E-state index is 0.264. The number of nitrogens with zero attached hydrogens (tertiary/aromatic N) is 1. The third-order valence-electron chi connectivity index (χ3n) is 2.82. The highest BCUT2D eigenvalue weighted by molar-refractivity contribution is 5.02. The van der Waals surface area contributed by atoms with E-state index >= 15 is 0 Å². The smallest absolute Gasteiger partial charge is 0.330 e. The number of nitrogens with one attached hydrogen (secondary N) is 1. The highest BCUT2D eigenvalue weighted by Crippen LogP contribution is 2.27. The molecule has 0 amide bonds. The maximum Gasteiger partial charge on any atom is 0.330 e. The third-order valence-corrected chi connectivity index (χ3v) is 2.82. The molecule has 7 nitrogen and oxygen atoms in total. The average Bonchev–Trinajstić information content (AvgIpc) is 2.76. The van der Waals surface area contributed by atoms with E-state index in [0.29, 0.717) is 5.56 Å². The molecule has 0 aliphatic carbocycles. The maximum atomic E-state index is 11.6. The predicted octanol–water partition coefficient (Wildman–Crippen LogP) is -1.51. The molecule has 3 atom stereocenters. The molecule has 0 radical (unpaired) electrons. The Balaban J connectivity index is 2.31. The zero-order valence-corrected chi connectivity index (χ0v) is 9.25. The zero-order valence-electron chi connectivity index (χ0n) is 10.3. The molecule has 0 saturated carbocycles. The Kier molecular flexibility index (Phi) is 2.79. The van der Waals surface area contributed by atoms with Gasteiger partial charge in [-0.15, -0.1) is 0 Å². The fourth-order valence-corrected chi connectivity index (χ4v) is 1.84. The monoisotopic (exact) mass is 244 g/mol. The molecule has 0 bridgehead atoms. The average molecular weight is 244 g/mol. The number of hydrogen-bond acceptors (Lipinski definition) is 5. The fourth-order valence-electron chi connectivity index (χ4n) is 1.84. The SMILES string of the molecule is [3H]OC1CC(n2cc(C)c(=O)[nH]c2=O)OC1CO. The van der Waals surface area contributed by atoms with Gasteiger partial charge in [0, 0.05) is 18.2 Å². The van der Waals surface area contributed by atoms with E-state index in [2.05, 4.69) is 10.1 Å². The van der Waals surface area contributed by atoms with Crippen molar-refractivity contribution in [3.05, 3.63) is 32.6 Å². The topological polar surface area (TPSA) is 105 Å². The first-order valence-corrected chi connectivity index (χ1v) is 5.27. The summed E-state index contributed by atoms with van der Waals surface area (Å²) in [6, 6.07) is 0. The maximum absolute atomic E-state index is 11.6. The molecule has 1 aliphatic rings. The van der Waals surface area contributed by atoms with Gasteiger partial charge in [0.25, 0.3) is 5.56 Å². The van der Waals surface area contributed by atoms with Crippen LogP contribution in [0.25, 0.3) is 0 Å². The molecule has 0 aromatic carbocycles. The van der Waals surface area contributed by atoms with Crippen LogP contribution >= 0.6 is 0 Å². The number of aromatic nitrogens is 2. The molecular formula is C10H14N2O5. The van der Waals surface area contributed by atoms with Crippen LogP contribution in [0.1, 0.15) is 18.2 Å². The van der Waals surface area contributed by atoms with E-state index in [4.69, 9.17) is 11.3 Å². The summed E-state index contributed by atoms with van der Waals surface area (Å²) in [7, 11) is 0. The van der Waals surface area contributed by atoms with Gasteiger partial charge in [-0.05, 0) is 6.92 Å². The van der Waals surface area contributed by atoms with E-state index in [1.165, 1.54) is 10.8 Å². The number of rotatable bonds is 3. The van der Waals surface area contributed by atoms with E-state index in [-0.39, 0.29) is 13.0 Å². The highest BCUT2D eigenvalue weighted by Gasteiger charge is 2.34. The fraction of sp³-hybridized carbons (Fsp3) is 0.600. The van der Waals surface area contributed by atoms with Crippen LogP contribution in [0.3, 0.4) is 0 Å². The van der Waals surface area contributed by atoms with Crippen molar-refractivity contribution in [3.8, 4) is 0 Å². The number of aryl methyl sites for hydroxylation is 1. The quantitative estimate of drug-likeness (QED) is 0.599. The second kappa shape index (κ2) is 4.44. The predicted molar refractivity (Wildman–Crippen MR) is 57.7 cm³/mol. The van der Waals surface area contributed by atoms with Gasteiger partial charge in [-0.25, -0.2) is 4.79 Å². The summed E-state index contributed by atoms with van der Waals surface area (Å²) in [5.41, 5.74) is -0.645. The molecule has 94 valence electrons. The molecule has 1 aromatic rings. The molecule has 17 heavy (non-hydrogen) atoms. The van der Waals surface area contributed by atoms with Gasteiger partial charge in [-0.2, -0.15) is 0 Å². The number of aromatic amines is 1. The van der Waals surface area contributed by atoms with Crippen LogP contribution in [0, 0.1) is 6.92 Å². The van der Waals surface area contributed by atoms with Gasteiger partial charge in [0.1, 0.15) is 12.3 Å². The molecule has 1 saturated heterocycles. The Morgan fingerprint density at radius 3 is 3.06 bits per heavy atom. The van der Waals surface area contributed by atoms with Crippen LogP contribution in [0.15, 0.2) is 15.8 Å². The summed E-state index contributed by atoms with van der Waals surface area (Å²) in [6.45, 7) is 1.28. The van der Waals surface area contributed by atoms with E-state index < -0.39 is 29.7 Å². The first-order valence-electron chi connectivity index (χ1n) is 5.68. The lowest BCUT2D eigenvalue weighted by atomic mass is 10.2. The molecule has 1 fully saturated rings. The molecule has 3 unspecified atom stereocenters. The Morgan fingerprint density at radius 1 is 1.71 bits per heavy atom. The van der Waals surface area contributed by atoms with Crippen molar-refractivity contribution < 1.29 is 15.0 Å². The van der Waals surface area contributed by atoms with Crippen LogP contribution in [-0.4, -0.2) is 40.0 Å². The zero-order chi connectivity index (χ0) is 13.3. The molecule has 0 spiro atoms. The van der Waals surface area contributed by atoms with Gasteiger partial charge in [-0.3, -0.25) is 14.3 Å². The lowest BCUT2D eigenvalue weighted by molar-refractivity contribution is -0.0459. The van der Waals surface area contributed by atoms with Crippen LogP contribution < -0.4 is 11.2 Å². The van der Waals surface area contributed by atoms with Crippen molar-refractivity contribution in [1.82, 2.24) is 9.55 Å². The van der Waals surface area contributed by atoms with Crippen LogP contribution in [0.4, 0.5) is 0 Å². The van der Waals surface area contributed by atoms with Crippen molar-refractivity contribution in [2.45, 2.75) is 31.8 Å². The number of ether oxygens (including phenoxy) is 1. The molecule has 2 heterocycles. The Bertz CT molecular complexity index is 528. The van der Waals surface area contributed by atoms with E-state index in [1.807, 2.05) is 0 Å². The summed E-state index contributed by atoms with van der Waals surface area (Å²) in [4.78, 5) is 25.1. The van der Waals surface area contributed by atoms with Gasteiger partial charge < -0.3 is 15.0 Å². The Labute approximate surface area is 97.8 Å². The van der Waals surface area contributed by atoms with Crippen molar-refractivity contribution in [3.63, 3.8) is 0 Å². The highest BCUT2D eigenvalue weighted by atomic mass is 16.5. The molecule has 1 aliphatic heterocycles. The van der Waals surface area contributed by atoms with Crippen LogP contribution in [-0.2, 0) is 4.74 Å². The number of H-pyrrole nitrogens is 1. The first-order chi connectivity index (χ1) is 8.56. The van der Waals surface area contributed by atoms with Gasteiger partial charge in [0.05, 0.1) is 12.7 Å². The van der Waals surface area contributed by atoms with E-state index in [0.717, 1.165) is 0 Å². The molecule has 3 N–H and O–H groups in total. The van der Waals surface area contributed by atoms with Crippen LogP contribution in [0.5, 0.6) is 0 Å². The second-order valence-electron chi connectivity index (χ2n) is 4.06. The largest absolute Gasteiger partial charge is 0.394 e. The number of hydrogen-bond donors (Lipinski definition) is 3. The minimum Gasteiger partial charge on any atom is -0.394 e. The summed E-state index contributed by atoms with van der Waals surface area (Å²) in [5, 5.41) is 13.5. The van der Waals surface area contributed by atoms with E-state index in [1.54, 1.807) is 6.92 Å². The van der Waals surface area contributed by atoms with Crippen LogP contribution in [0.2, 0.25) is 0 Å². The third kappa shape index (κ3) is 2.17. The number of aliphatic hydroxyl groups is 2. The summed E-state index contributed by atoms with van der Waals surface area (Å²) >= 11 is 0. The number of aliphatic hydroxyl groups excluding tert-OH is 2. The lowest BCUT2D eigenvalue weighted by Crippen LogP contribution is -2.33. The Morgan fingerprint density at radius 2 is 2.47 bits per heavy atom. The molecule has 2 rings (SSSR count). The van der Waals surface area contributed by atoms with Gasteiger partial charge in [0.2, 0.25) is 1.43 Å². The van der Waals surface area contributed by atoms with Gasteiger partial charge in [-0.1, -0.05) is 0 Å². The Hall–Kier alpha value is -1.44. The van der Waals surface area contributed by atoms with Gasteiger partial charge in [0.15, 0.2) is 0 Å². The van der Waals surface area contributed by atoms with Gasteiger partial charge >= 0.3 is 5.69 Å². The summed E-state index contributed by atoms with van der Waals surface area (Å²) in [6.07, 6.45) is -0.237. The summed E-state index contributed by atoms with van der Waals surface area (Å²) in [5.74, 6) is 0. The molecule has 7 heteroatoms. The first kappa shape index (κ1) is 10.7. The lowest BCUT2D eigenvalue weighted by Gasteiger charge is -2.14. The normalized spacial score (nSPS) is 29.3. The minimum atomic E-state index is -0.652. The standard InChI is InChI=1S/C10H14N2O5/c1-5-3-12(10(16)11-9(5)15)8-2-6(14)7(4-13)17-8/h3,6-8,13-14H,2,4H2,1H3,(H,11,15,16)/i14T. The van der Waals surface area contributed by atoms with E-state index in [9.17, 15) is 9.59 Å². The van der Waals surface area contributed by atoms with Crippen molar-refractivity contribution in [2.75, 3.05) is 6.61 Å². The van der Waals surface area contributed by atoms with Crippen molar-refractivity contribution >= 4 is 0 Å².